The van der Waals surface area contributed by atoms with Crippen molar-refractivity contribution in [2.24, 2.45) is 22.7 Å². The number of nitrogens with one attached hydrogen (secondary N) is 3. The summed E-state index contributed by atoms with van der Waals surface area (Å²) in [7, 11) is 1.90. The number of nitrogens with zero attached hydrogens (tertiary/aromatic N) is 1. The normalized spacial score (nSPS) is 27.5. The molecule has 210 valence electrons. The van der Waals surface area contributed by atoms with Gasteiger partial charge in [-0.1, -0.05) is 66.1 Å². The van der Waals surface area contributed by atoms with Gasteiger partial charge < -0.3 is 25.7 Å². The number of allylic oxidation sites excluding steroid dienone is 2. The Balaban J connectivity index is 2.11. The molecule has 1 unspecified atom stereocenters. The van der Waals surface area contributed by atoms with Crippen LogP contribution in [-0.4, -0.2) is 78.2 Å². The molecule has 0 aromatic heterocycles. The minimum Gasteiger partial charge on any atom is -0.389 e. The first kappa shape index (κ1) is 31.5. The van der Waals surface area contributed by atoms with Crippen molar-refractivity contribution in [2.75, 3.05) is 33.2 Å². The van der Waals surface area contributed by atoms with E-state index < -0.39 is 23.3 Å². The van der Waals surface area contributed by atoms with Gasteiger partial charge in [-0.05, 0) is 62.9 Å². The molecule has 0 aromatic carbocycles. The van der Waals surface area contributed by atoms with Gasteiger partial charge in [0.2, 0.25) is 5.91 Å². The molecule has 0 bridgehead atoms. The summed E-state index contributed by atoms with van der Waals surface area (Å²) in [5.41, 5.74) is -1.21. The number of halogens is 1. The monoisotopic (exact) mass is 528 g/mol. The number of piperidine rings is 1. The van der Waals surface area contributed by atoms with Gasteiger partial charge in [-0.2, -0.15) is 0 Å². The van der Waals surface area contributed by atoms with Crippen molar-refractivity contribution in [1.29, 1.82) is 0 Å². The second-order valence-corrected chi connectivity index (χ2v) is 13.7. The van der Waals surface area contributed by atoms with Gasteiger partial charge in [-0.15, -0.1) is 0 Å². The SMILES string of the molecule is CNCCC(NCC(C)(C)C)[C@H](O)N[C@@H](C(=O)N1CC[C@](O)([C@H]2CC=C(Cl)CC2)C(C)(C)C1)C(C)C. The van der Waals surface area contributed by atoms with Crippen LogP contribution >= 0.6 is 11.6 Å². The van der Waals surface area contributed by atoms with Crippen molar-refractivity contribution in [3.63, 3.8) is 0 Å². The molecule has 36 heavy (non-hydrogen) atoms. The minimum absolute atomic E-state index is 0.00560. The van der Waals surface area contributed by atoms with Gasteiger partial charge in [0.05, 0.1) is 11.6 Å². The molecule has 2 aliphatic rings. The summed E-state index contributed by atoms with van der Waals surface area (Å²) in [6.07, 6.45) is 4.94. The molecule has 0 spiro atoms. The average molecular weight is 529 g/mol. The molecular formula is C28H53ClN4O3. The van der Waals surface area contributed by atoms with Crippen LogP contribution in [0.2, 0.25) is 0 Å². The number of aliphatic hydroxyl groups excluding tert-OH is 1. The molecule has 0 saturated carbocycles. The molecular weight excluding hydrogens is 476 g/mol. The molecule has 0 radical (unpaired) electrons. The molecule has 1 saturated heterocycles. The number of carbonyl (C=O) groups excluding carboxylic acids is 1. The number of rotatable bonds is 11. The van der Waals surface area contributed by atoms with E-state index in [4.69, 9.17) is 11.6 Å². The fourth-order valence-electron chi connectivity index (χ4n) is 5.67. The van der Waals surface area contributed by atoms with Crippen LogP contribution in [0.25, 0.3) is 0 Å². The molecule has 1 aliphatic carbocycles. The summed E-state index contributed by atoms with van der Waals surface area (Å²) in [4.78, 5) is 15.6. The summed E-state index contributed by atoms with van der Waals surface area (Å²) < 4.78 is 0. The van der Waals surface area contributed by atoms with Crippen molar-refractivity contribution in [1.82, 2.24) is 20.9 Å². The predicted molar refractivity (Wildman–Crippen MR) is 149 cm³/mol. The van der Waals surface area contributed by atoms with E-state index in [-0.39, 0.29) is 29.2 Å². The van der Waals surface area contributed by atoms with E-state index in [1.54, 1.807) is 0 Å². The van der Waals surface area contributed by atoms with Crippen LogP contribution in [0.15, 0.2) is 11.1 Å². The van der Waals surface area contributed by atoms with E-state index in [1.165, 1.54) is 0 Å². The summed E-state index contributed by atoms with van der Waals surface area (Å²) in [5.74, 6) is 0.151. The molecule has 0 aromatic rings. The summed E-state index contributed by atoms with van der Waals surface area (Å²) in [5, 5.41) is 33.8. The lowest BCUT2D eigenvalue weighted by Gasteiger charge is -2.54. The largest absolute Gasteiger partial charge is 0.389 e. The molecule has 1 aliphatic heterocycles. The second kappa shape index (κ2) is 12.9. The number of hydrogen-bond donors (Lipinski definition) is 5. The lowest BCUT2D eigenvalue weighted by atomic mass is 9.61. The highest BCUT2D eigenvalue weighted by atomic mass is 35.5. The highest BCUT2D eigenvalue weighted by Gasteiger charge is 2.53. The molecule has 2 rings (SSSR count). The van der Waals surface area contributed by atoms with Crippen LogP contribution < -0.4 is 16.0 Å². The van der Waals surface area contributed by atoms with Gasteiger partial charge in [0.1, 0.15) is 6.23 Å². The highest BCUT2D eigenvalue weighted by Crippen LogP contribution is 2.48. The maximum Gasteiger partial charge on any atom is 0.240 e. The van der Waals surface area contributed by atoms with Gasteiger partial charge in [-0.25, -0.2) is 0 Å². The number of likely N-dealkylation sites (tertiary alicyclic amines) is 1. The maximum atomic E-state index is 13.8. The zero-order valence-electron chi connectivity index (χ0n) is 24.0. The maximum absolute atomic E-state index is 13.8. The second-order valence-electron chi connectivity index (χ2n) is 13.2. The molecule has 1 heterocycles. The van der Waals surface area contributed by atoms with Crippen molar-refractivity contribution in [3.05, 3.63) is 11.1 Å². The fourth-order valence-corrected chi connectivity index (χ4v) is 5.87. The van der Waals surface area contributed by atoms with Gasteiger partial charge in [0.15, 0.2) is 0 Å². The van der Waals surface area contributed by atoms with E-state index in [1.807, 2.05) is 31.9 Å². The third kappa shape index (κ3) is 8.15. The molecule has 7 nitrogen and oxygen atoms in total. The van der Waals surface area contributed by atoms with Crippen LogP contribution in [0.3, 0.4) is 0 Å². The quantitative estimate of drug-likeness (QED) is 0.264. The summed E-state index contributed by atoms with van der Waals surface area (Å²) >= 11 is 6.19. The smallest absolute Gasteiger partial charge is 0.240 e. The molecule has 5 N–H and O–H groups in total. The fraction of sp³-hybridized carbons (Fsp3) is 0.893. The third-order valence-corrected chi connectivity index (χ3v) is 8.47. The molecule has 5 atom stereocenters. The van der Waals surface area contributed by atoms with E-state index in [0.29, 0.717) is 19.5 Å². The third-order valence-electron chi connectivity index (χ3n) is 8.13. The van der Waals surface area contributed by atoms with Crippen LogP contribution in [0, 0.1) is 22.7 Å². The van der Waals surface area contributed by atoms with Crippen LogP contribution in [0.4, 0.5) is 0 Å². The van der Waals surface area contributed by atoms with Crippen molar-refractivity contribution < 1.29 is 15.0 Å². The lowest BCUT2D eigenvalue weighted by Crippen LogP contribution is -2.65. The average Bonchev–Trinajstić information content (AvgIpc) is 2.78. The first-order valence-electron chi connectivity index (χ1n) is 13.8. The predicted octanol–water partition coefficient (Wildman–Crippen LogP) is 3.45. The van der Waals surface area contributed by atoms with E-state index in [9.17, 15) is 15.0 Å². The van der Waals surface area contributed by atoms with E-state index in [2.05, 4.69) is 50.6 Å². The van der Waals surface area contributed by atoms with Crippen LogP contribution in [0.5, 0.6) is 0 Å². The Morgan fingerprint density at radius 2 is 1.97 bits per heavy atom. The first-order chi connectivity index (χ1) is 16.6. The standard InChI is InChI=1S/C28H53ClN4O3/c1-19(2)23(32-24(34)22(13-15-30-8)31-17-26(3,4)5)25(35)33-16-14-28(36,27(6,7)18-33)20-9-11-21(29)12-10-20/h11,19-20,22-24,30-32,34,36H,9-10,12-18H2,1-8H3/t20-,22?,23+,24-,28-/m0/s1. The number of aliphatic hydroxyl groups is 2. The van der Waals surface area contributed by atoms with Crippen molar-refractivity contribution in [3.8, 4) is 0 Å². The Kier molecular flexibility index (Phi) is 11.3. The lowest BCUT2D eigenvalue weighted by molar-refractivity contribution is -0.170. The highest BCUT2D eigenvalue weighted by molar-refractivity contribution is 6.29. The van der Waals surface area contributed by atoms with Crippen molar-refractivity contribution in [2.45, 2.75) is 104 Å². The van der Waals surface area contributed by atoms with E-state index in [0.717, 1.165) is 43.8 Å². The topological polar surface area (TPSA) is 96.9 Å². The van der Waals surface area contributed by atoms with Crippen LogP contribution in [0.1, 0.15) is 80.6 Å². The first-order valence-corrected chi connectivity index (χ1v) is 14.2. The van der Waals surface area contributed by atoms with Crippen LogP contribution in [-0.2, 0) is 4.79 Å². The summed E-state index contributed by atoms with van der Waals surface area (Å²) in [6, 6.07) is -0.688. The minimum atomic E-state index is -0.856. The Morgan fingerprint density at radius 1 is 1.31 bits per heavy atom. The zero-order valence-corrected chi connectivity index (χ0v) is 24.7. The van der Waals surface area contributed by atoms with Gasteiger partial charge in [-0.3, -0.25) is 10.1 Å². The molecule has 1 amide bonds. The van der Waals surface area contributed by atoms with Gasteiger partial charge >= 0.3 is 0 Å². The Labute approximate surface area is 224 Å². The Hall–Kier alpha value is -0.700. The summed E-state index contributed by atoms with van der Waals surface area (Å²) in [6.45, 7) is 17.2. The number of hydrogen-bond acceptors (Lipinski definition) is 6. The molecule has 8 heteroatoms. The van der Waals surface area contributed by atoms with Gasteiger partial charge in [0.25, 0.3) is 0 Å². The number of carbonyl (C=O) groups is 1. The Bertz CT molecular complexity index is 752. The zero-order chi connectivity index (χ0) is 27.3. The van der Waals surface area contributed by atoms with E-state index >= 15 is 0 Å². The van der Waals surface area contributed by atoms with Gasteiger partial charge in [0, 0.05) is 36.1 Å². The Morgan fingerprint density at radius 3 is 2.47 bits per heavy atom. The molecule has 1 fully saturated rings. The number of amides is 1. The van der Waals surface area contributed by atoms with Crippen molar-refractivity contribution >= 4 is 17.5 Å².